The van der Waals surface area contributed by atoms with Gasteiger partial charge in [0.2, 0.25) is 5.82 Å². The molecule has 6 heterocycles. The highest BCUT2D eigenvalue weighted by atomic mass is 19.2. The molecule has 0 atom stereocenters. The Balaban J connectivity index is 1.28. The Morgan fingerprint density at radius 3 is 0.957 bits per heavy atom. The summed E-state index contributed by atoms with van der Waals surface area (Å²) in [5, 5.41) is 13.9. The molecule has 6 aromatic carbocycles. The number of fused-ring (bicyclic) bond motifs is 6. The molecule has 328 valence electrons. The number of aromatic nitrogens is 10. The number of halogens is 5. The third kappa shape index (κ3) is 6.55. The van der Waals surface area contributed by atoms with E-state index in [4.69, 9.17) is 0 Å². The molecule has 0 aliphatic rings. The van der Waals surface area contributed by atoms with Crippen molar-refractivity contribution in [2.75, 3.05) is 0 Å². The highest BCUT2D eigenvalue weighted by molar-refractivity contribution is 6.13. The minimum atomic E-state index is -2.33. The van der Waals surface area contributed by atoms with Gasteiger partial charge in [-0.25, -0.2) is 61.8 Å². The molecule has 0 radical (unpaired) electrons. The molecule has 0 fully saturated rings. The fourth-order valence-electron chi connectivity index (χ4n) is 8.98. The van der Waals surface area contributed by atoms with E-state index < -0.39 is 45.8 Å². The van der Waals surface area contributed by atoms with Gasteiger partial charge in [-0.05, 0) is 60.7 Å². The van der Waals surface area contributed by atoms with Crippen molar-refractivity contribution < 1.29 is 22.0 Å². The second-order valence-corrected chi connectivity index (χ2v) is 15.8. The van der Waals surface area contributed by atoms with Crippen LogP contribution in [0.3, 0.4) is 0 Å². The maximum absolute atomic E-state index is 16.2. The molecule has 12 aromatic rings. The van der Waals surface area contributed by atoms with Crippen LogP contribution in [0.4, 0.5) is 22.0 Å². The molecule has 16 heteroatoms. The molecular weight excluding hydrogens is 886 g/mol. The van der Waals surface area contributed by atoms with Crippen LogP contribution >= 0.6 is 0 Å². The first-order chi connectivity index (χ1) is 33.8. The van der Waals surface area contributed by atoms with E-state index in [1.54, 1.807) is 73.8 Å². The molecule has 6 aromatic heterocycles. The standard InChI is InChI=1S/C53H26F5N11/c54-45-44(46(55)48(57)49(58)47(45)56)37-26-43(69-40-23-30(52-64-17-3-18-65-52)7-11-35(40)36-12-8-31(24-41(36)69)53-66-19-4-20-67-53)42(25-32(37)27-59)68-38-21-28(50-60-13-1-14-61-50)5-9-33(38)34-10-6-29(22-39(34)68)51-62-15-2-16-63-51/h1-26H. The minimum Gasteiger partial charge on any atom is -0.307 e. The van der Waals surface area contributed by atoms with Gasteiger partial charge in [0.1, 0.15) is 0 Å². The number of hydrogen-bond donors (Lipinski definition) is 0. The van der Waals surface area contributed by atoms with E-state index in [0.717, 1.165) is 10.8 Å². The van der Waals surface area contributed by atoms with Gasteiger partial charge < -0.3 is 9.13 Å². The lowest BCUT2D eigenvalue weighted by Crippen LogP contribution is -2.08. The Morgan fingerprint density at radius 1 is 0.362 bits per heavy atom. The minimum absolute atomic E-state index is 0.173. The summed E-state index contributed by atoms with van der Waals surface area (Å²) in [6.45, 7) is 0. The number of hydrogen-bond acceptors (Lipinski definition) is 9. The monoisotopic (exact) mass is 911 g/mol. The van der Waals surface area contributed by atoms with Gasteiger partial charge in [0, 0.05) is 98.9 Å². The van der Waals surface area contributed by atoms with Gasteiger partial charge in [0.15, 0.2) is 46.6 Å². The molecule has 0 amide bonds. The Morgan fingerprint density at radius 2 is 0.652 bits per heavy atom. The van der Waals surface area contributed by atoms with E-state index in [0.29, 0.717) is 78.4 Å². The average Bonchev–Trinajstić information content (AvgIpc) is 3.91. The molecule has 0 aliphatic carbocycles. The zero-order valence-corrected chi connectivity index (χ0v) is 35.3. The van der Waals surface area contributed by atoms with E-state index in [9.17, 15) is 9.65 Å². The summed E-state index contributed by atoms with van der Waals surface area (Å²) in [7, 11) is 0. The number of nitrogens with zero attached hydrogens (tertiary/aromatic N) is 11. The molecule has 69 heavy (non-hydrogen) atoms. The van der Waals surface area contributed by atoms with E-state index in [-0.39, 0.29) is 11.4 Å². The van der Waals surface area contributed by atoms with Crippen LogP contribution in [-0.2, 0) is 0 Å². The maximum atomic E-state index is 16.2. The fraction of sp³-hybridized carbons (Fsp3) is 0. The van der Waals surface area contributed by atoms with Gasteiger partial charge >= 0.3 is 0 Å². The zero-order valence-electron chi connectivity index (χ0n) is 35.3. The van der Waals surface area contributed by atoms with Crippen LogP contribution in [0.1, 0.15) is 5.56 Å². The molecule has 0 unspecified atom stereocenters. The second-order valence-electron chi connectivity index (χ2n) is 15.8. The van der Waals surface area contributed by atoms with Crippen LogP contribution in [0.2, 0.25) is 0 Å². The van der Waals surface area contributed by atoms with Gasteiger partial charge in [0.05, 0.1) is 50.6 Å². The van der Waals surface area contributed by atoms with Gasteiger partial charge in [-0.1, -0.05) is 48.5 Å². The van der Waals surface area contributed by atoms with E-state index in [2.05, 4.69) is 39.9 Å². The van der Waals surface area contributed by atoms with Crippen molar-refractivity contribution >= 4 is 43.6 Å². The molecule has 12 rings (SSSR count). The third-order valence-corrected chi connectivity index (χ3v) is 12.0. The number of nitriles is 1. The third-order valence-electron chi connectivity index (χ3n) is 12.0. The zero-order chi connectivity index (χ0) is 46.9. The van der Waals surface area contributed by atoms with E-state index in [1.165, 1.54) is 12.1 Å². The molecular formula is C53H26F5N11. The van der Waals surface area contributed by atoms with Crippen LogP contribution in [-0.4, -0.2) is 49.0 Å². The predicted octanol–water partition coefficient (Wildman–Crippen LogP) is 11.9. The van der Waals surface area contributed by atoms with Crippen LogP contribution in [0.15, 0.2) is 159 Å². The first-order valence-electron chi connectivity index (χ1n) is 21.1. The number of benzene rings is 6. The highest BCUT2D eigenvalue weighted by Crippen LogP contribution is 2.44. The smallest absolute Gasteiger partial charge is 0.200 e. The fourth-order valence-corrected chi connectivity index (χ4v) is 8.98. The summed E-state index contributed by atoms with van der Waals surface area (Å²) in [4.78, 5) is 36.0. The van der Waals surface area contributed by atoms with Crippen LogP contribution in [0.25, 0.3) is 112 Å². The lowest BCUT2D eigenvalue weighted by atomic mass is 9.96. The normalized spacial score (nSPS) is 11.5. The summed E-state index contributed by atoms with van der Waals surface area (Å²) in [5.74, 6) is -9.24. The van der Waals surface area contributed by atoms with Crippen molar-refractivity contribution in [1.82, 2.24) is 49.0 Å². The van der Waals surface area contributed by atoms with Crippen LogP contribution in [0, 0.1) is 40.4 Å². The van der Waals surface area contributed by atoms with Crippen LogP contribution < -0.4 is 0 Å². The second kappa shape index (κ2) is 16.1. The van der Waals surface area contributed by atoms with Crippen molar-refractivity contribution in [2.45, 2.75) is 0 Å². The van der Waals surface area contributed by atoms with Crippen molar-refractivity contribution in [3.05, 3.63) is 193 Å². The van der Waals surface area contributed by atoms with Gasteiger partial charge in [0.25, 0.3) is 0 Å². The van der Waals surface area contributed by atoms with Crippen molar-refractivity contribution in [1.29, 1.82) is 5.26 Å². The SMILES string of the molecule is N#Cc1cc(-n2c3cc(-c4ncccn4)ccc3c3ccc(-c4ncccn4)cc32)c(-n2c3cc(-c4ncccn4)ccc3c3ccc(-c4ncccn4)cc32)cc1-c1c(F)c(F)c(F)c(F)c1F. The first-order valence-corrected chi connectivity index (χ1v) is 21.1. The first kappa shape index (κ1) is 40.9. The van der Waals surface area contributed by atoms with Crippen molar-refractivity contribution in [3.63, 3.8) is 0 Å². The van der Waals surface area contributed by atoms with E-state index >= 15 is 17.6 Å². The van der Waals surface area contributed by atoms with Crippen LogP contribution in [0.5, 0.6) is 0 Å². The van der Waals surface area contributed by atoms with E-state index in [1.807, 2.05) is 88.0 Å². The van der Waals surface area contributed by atoms with Crippen molar-refractivity contribution in [2.24, 2.45) is 0 Å². The van der Waals surface area contributed by atoms with Crippen molar-refractivity contribution in [3.8, 4) is 74.1 Å². The lowest BCUT2D eigenvalue weighted by molar-refractivity contribution is 0.381. The molecule has 0 spiro atoms. The molecule has 0 saturated heterocycles. The van der Waals surface area contributed by atoms with Gasteiger partial charge in [-0.3, -0.25) is 0 Å². The van der Waals surface area contributed by atoms with Gasteiger partial charge in [-0.15, -0.1) is 0 Å². The largest absolute Gasteiger partial charge is 0.307 e. The topological polar surface area (TPSA) is 137 Å². The summed E-state index contributed by atoms with van der Waals surface area (Å²) >= 11 is 0. The molecule has 0 aliphatic heterocycles. The average molecular weight is 912 g/mol. The lowest BCUT2D eigenvalue weighted by Gasteiger charge is -2.20. The Kier molecular flexibility index (Phi) is 9.51. The predicted molar refractivity (Wildman–Crippen MR) is 249 cm³/mol. The Bertz CT molecular complexity index is 3860. The summed E-state index contributed by atoms with van der Waals surface area (Å²) in [6, 6.07) is 34.1. The summed E-state index contributed by atoms with van der Waals surface area (Å²) in [6.07, 6.45) is 12.9. The summed E-state index contributed by atoms with van der Waals surface area (Å²) < 4.78 is 81.2. The molecule has 0 N–H and O–H groups in total. The molecule has 0 saturated carbocycles. The summed E-state index contributed by atoms with van der Waals surface area (Å²) in [5.41, 5.74) is 2.95. The maximum Gasteiger partial charge on any atom is 0.200 e. The highest BCUT2D eigenvalue weighted by Gasteiger charge is 2.31. The number of rotatable bonds is 7. The quantitative estimate of drug-likeness (QED) is 0.0869. The van der Waals surface area contributed by atoms with Gasteiger partial charge in [-0.2, -0.15) is 5.26 Å². The molecule has 11 nitrogen and oxygen atoms in total. The molecule has 0 bridgehead atoms. The Hall–Kier alpha value is -9.62. The Labute approximate surface area is 386 Å².